The number of thiazole rings is 1. The lowest BCUT2D eigenvalue weighted by atomic mass is 10.2. The molecule has 20 heavy (non-hydrogen) atoms. The summed E-state index contributed by atoms with van der Waals surface area (Å²) in [6.45, 7) is 1.59. The predicted octanol–water partition coefficient (Wildman–Crippen LogP) is -0.0400. The van der Waals surface area contributed by atoms with Crippen molar-refractivity contribution in [3.8, 4) is 0 Å². The maximum atomic E-state index is 12.3. The average molecular weight is 299 g/mol. The van der Waals surface area contributed by atoms with Crippen LogP contribution in [0, 0.1) is 0 Å². The fourth-order valence-corrected chi connectivity index (χ4v) is 2.82. The monoisotopic (exact) mass is 299 g/mol. The number of carbonyl (C=O) groups excluding carboxylic acids is 1. The number of amides is 1. The minimum absolute atomic E-state index is 0.0979. The van der Waals surface area contributed by atoms with Crippen LogP contribution in [0.4, 0.5) is 0 Å². The van der Waals surface area contributed by atoms with E-state index < -0.39 is 12.1 Å². The van der Waals surface area contributed by atoms with Crippen LogP contribution in [0.25, 0.3) is 0 Å². The second-order valence-electron chi connectivity index (χ2n) is 4.51. The number of aliphatic carboxylic acids is 1. The smallest absolute Gasteiger partial charge is 0.306 e. The van der Waals surface area contributed by atoms with Gasteiger partial charge in [-0.3, -0.25) is 9.59 Å². The van der Waals surface area contributed by atoms with Gasteiger partial charge in [0.25, 0.3) is 5.91 Å². The first-order valence-corrected chi connectivity index (χ1v) is 7.25. The topological polar surface area (TPSA) is 106 Å². The van der Waals surface area contributed by atoms with E-state index in [2.05, 4.69) is 4.98 Å². The third kappa shape index (κ3) is 3.75. The molecule has 1 aromatic heterocycles. The highest BCUT2D eigenvalue weighted by Gasteiger charge is 2.27. The van der Waals surface area contributed by atoms with Gasteiger partial charge < -0.3 is 20.5 Å². The first-order chi connectivity index (χ1) is 9.60. The molecule has 2 rings (SSSR count). The molecule has 2 heterocycles. The minimum Gasteiger partial charge on any atom is -0.481 e. The molecule has 8 heteroatoms. The van der Waals surface area contributed by atoms with Crippen LogP contribution in [0.3, 0.4) is 0 Å². The molecule has 1 aromatic rings. The van der Waals surface area contributed by atoms with E-state index in [1.54, 1.807) is 10.3 Å². The number of nitrogens with two attached hydrogens (primary N) is 1. The first kappa shape index (κ1) is 14.9. The van der Waals surface area contributed by atoms with Gasteiger partial charge in [-0.2, -0.15) is 0 Å². The Bertz CT molecular complexity index is 491. The van der Waals surface area contributed by atoms with Crippen LogP contribution in [0.2, 0.25) is 0 Å². The Labute approximate surface area is 120 Å². The van der Waals surface area contributed by atoms with E-state index in [4.69, 9.17) is 15.6 Å². The van der Waals surface area contributed by atoms with Crippen molar-refractivity contribution < 1.29 is 19.4 Å². The molecule has 1 saturated heterocycles. The quantitative estimate of drug-likeness (QED) is 0.790. The number of hydrogen-bond donors (Lipinski definition) is 2. The minimum atomic E-state index is -0.928. The van der Waals surface area contributed by atoms with Gasteiger partial charge in [-0.15, -0.1) is 11.3 Å². The zero-order valence-electron chi connectivity index (χ0n) is 10.9. The molecular formula is C12H17N3O4S. The lowest BCUT2D eigenvalue weighted by Gasteiger charge is -2.31. The van der Waals surface area contributed by atoms with Crippen molar-refractivity contribution in [3.05, 3.63) is 16.1 Å². The van der Waals surface area contributed by atoms with E-state index >= 15 is 0 Å². The van der Waals surface area contributed by atoms with Crippen LogP contribution >= 0.6 is 11.3 Å². The van der Waals surface area contributed by atoms with Gasteiger partial charge in [-0.1, -0.05) is 0 Å². The number of carboxylic acids is 1. The van der Waals surface area contributed by atoms with E-state index in [9.17, 15) is 9.59 Å². The number of nitrogens with zero attached hydrogens (tertiary/aromatic N) is 2. The normalized spacial score (nSPS) is 19.1. The predicted molar refractivity (Wildman–Crippen MR) is 72.8 cm³/mol. The summed E-state index contributed by atoms with van der Waals surface area (Å²) in [5, 5.41) is 11.3. The Morgan fingerprint density at radius 3 is 3.10 bits per heavy atom. The molecule has 0 saturated carbocycles. The van der Waals surface area contributed by atoms with Crippen LogP contribution in [-0.4, -0.2) is 59.2 Å². The summed E-state index contributed by atoms with van der Waals surface area (Å²) in [6.07, 6.45) is 0.106. The fraction of sp³-hybridized carbons (Fsp3) is 0.583. The van der Waals surface area contributed by atoms with Crippen molar-refractivity contribution in [2.75, 3.05) is 26.2 Å². The number of carbonyl (C=O) groups is 2. The van der Waals surface area contributed by atoms with Gasteiger partial charge in [0.1, 0.15) is 5.69 Å². The maximum absolute atomic E-state index is 12.3. The molecule has 110 valence electrons. The number of aromatic nitrogens is 1. The van der Waals surface area contributed by atoms with Crippen molar-refractivity contribution in [2.24, 2.45) is 5.73 Å². The van der Waals surface area contributed by atoms with Crippen LogP contribution in [0.5, 0.6) is 0 Å². The van der Waals surface area contributed by atoms with Gasteiger partial charge in [0.05, 0.1) is 24.1 Å². The second-order valence-corrected chi connectivity index (χ2v) is 5.45. The van der Waals surface area contributed by atoms with Crippen molar-refractivity contribution in [3.63, 3.8) is 0 Å². The highest BCUT2D eigenvalue weighted by Crippen LogP contribution is 2.15. The number of morpholine rings is 1. The Kier molecular flexibility index (Phi) is 5.05. The summed E-state index contributed by atoms with van der Waals surface area (Å²) >= 11 is 1.41. The van der Waals surface area contributed by atoms with E-state index in [1.807, 2.05) is 0 Å². The van der Waals surface area contributed by atoms with E-state index in [-0.39, 0.29) is 18.9 Å². The molecule has 0 spiro atoms. The Morgan fingerprint density at radius 1 is 1.60 bits per heavy atom. The summed E-state index contributed by atoms with van der Waals surface area (Å²) < 4.78 is 5.34. The summed E-state index contributed by atoms with van der Waals surface area (Å²) in [5.74, 6) is -1.11. The maximum Gasteiger partial charge on any atom is 0.306 e. The van der Waals surface area contributed by atoms with Gasteiger partial charge >= 0.3 is 5.97 Å². The average Bonchev–Trinajstić information content (AvgIpc) is 2.86. The zero-order chi connectivity index (χ0) is 14.5. The molecule has 1 aliphatic rings. The van der Waals surface area contributed by atoms with Crippen LogP contribution in [0.15, 0.2) is 5.38 Å². The van der Waals surface area contributed by atoms with Crippen molar-refractivity contribution in [1.29, 1.82) is 0 Å². The summed E-state index contributed by atoms with van der Waals surface area (Å²) in [7, 11) is 0. The molecular weight excluding hydrogens is 282 g/mol. The summed E-state index contributed by atoms with van der Waals surface area (Å²) in [6, 6.07) is 0. The number of ether oxygens (including phenoxy) is 1. The van der Waals surface area contributed by atoms with E-state index in [0.29, 0.717) is 31.8 Å². The molecule has 0 radical (unpaired) electrons. The number of rotatable bonds is 5. The highest BCUT2D eigenvalue weighted by molar-refractivity contribution is 7.09. The third-order valence-electron chi connectivity index (χ3n) is 2.96. The van der Waals surface area contributed by atoms with Crippen molar-refractivity contribution >= 4 is 23.2 Å². The molecule has 1 atom stereocenters. The van der Waals surface area contributed by atoms with Crippen LogP contribution in [0.1, 0.15) is 21.9 Å². The fourth-order valence-electron chi connectivity index (χ4n) is 2.03. The van der Waals surface area contributed by atoms with Gasteiger partial charge in [0.15, 0.2) is 0 Å². The number of carboxylic acid groups (broad SMARTS) is 1. The molecule has 1 unspecified atom stereocenters. The molecule has 1 aliphatic heterocycles. The first-order valence-electron chi connectivity index (χ1n) is 6.37. The largest absolute Gasteiger partial charge is 0.481 e. The third-order valence-corrected chi connectivity index (χ3v) is 3.87. The molecule has 0 bridgehead atoms. The molecule has 1 amide bonds. The SMILES string of the molecule is NCCc1nc(C(=O)N2CCOC(CC(=O)O)C2)cs1. The summed E-state index contributed by atoms with van der Waals surface area (Å²) in [5.41, 5.74) is 5.85. The Morgan fingerprint density at radius 2 is 2.40 bits per heavy atom. The van der Waals surface area contributed by atoms with Gasteiger partial charge in [0.2, 0.25) is 0 Å². The number of hydrogen-bond acceptors (Lipinski definition) is 6. The van der Waals surface area contributed by atoms with Crippen LogP contribution < -0.4 is 5.73 Å². The van der Waals surface area contributed by atoms with E-state index in [1.165, 1.54) is 11.3 Å². The molecule has 7 nitrogen and oxygen atoms in total. The standard InChI is InChI=1S/C12H17N3O4S/c13-2-1-10-14-9(7-20-10)12(18)15-3-4-19-8(6-15)5-11(16)17/h7-8H,1-6,13H2,(H,16,17). The Hall–Kier alpha value is -1.51. The van der Waals surface area contributed by atoms with Gasteiger partial charge in [-0.05, 0) is 6.54 Å². The van der Waals surface area contributed by atoms with Crippen molar-refractivity contribution in [1.82, 2.24) is 9.88 Å². The van der Waals surface area contributed by atoms with Gasteiger partial charge in [0, 0.05) is 24.9 Å². The molecule has 0 aliphatic carbocycles. The lowest BCUT2D eigenvalue weighted by Crippen LogP contribution is -2.46. The van der Waals surface area contributed by atoms with Crippen LogP contribution in [-0.2, 0) is 16.0 Å². The zero-order valence-corrected chi connectivity index (χ0v) is 11.8. The molecule has 1 fully saturated rings. The highest BCUT2D eigenvalue weighted by atomic mass is 32.1. The Balaban J connectivity index is 1.98. The van der Waals surface area contributed by atoms with Gasteiger partial charge in [-0.25, -0.2) is 4.98 Å². The molecule has 0 aromatic carbocycles. The summed E-state index contributed by atoms with van der Waals surface area (Å²) in [4.78, 5) is 28.8. The van der Waals surface area contributed by atoms with E-state index in [0.717, 1.165) is 5.01 Å². The lowest BCUT2D eigenvalue weighted by molar-refractivity contribution is -0.141. The molecule has 3 N–H and O–H groups in total. The second kappa shape index (κ2) is 6.78. The van der Waals surface area contributed by atoms with Crippen molar-refractivity contribution in [2.45, 2.75) is 18.9 Å².